The number of piperidine rings is 1. The second-order valence-corrected chi connectivity index (χ2v) is 6.90. The molecule has 1 fully saturated rings. The number of aryl methyl sites for hydroxylation is 1. The number of carbonyl (C=O) groups excluding carboxylic acids is 1. The number of hydrogen-bond donors (Lipinski definition) is 2. The van der Waals surface area contributed by atoms with Crippen LogP contribution in [0.25, 0.3) is 0 Å². The van der Waals surface area contributed by atoms with E-state index in [9.17, 15) is 9.90 Å². The van der Waals surface area contributed by atoms with E-state index < -0.39 is 5.60 Å². The Hall–Kier alpha value is -1.18. The Morgan fingerprint density at radius 2 is 2.45 bits per heavy atom. The lowest BCUT2D eigenvalue weighted by atomic mass is 9.80. The molecule has 1 aliphatic heterocycles. The van der Waals surface area contributed by atoms with E-state index in [0.717, 1.165) is 5.69 Å². The van der Waals surface area contributed by atoms with Gasteiger partial charge in [0.2, 0.25) is 5.91 Å². The van der Waals surface area contributed by atoms with Gasteiger partial charge in [0.05, 0.1) is 11.3 Å². The Kier molecular flexibility index (Phi) is 5.77. The van der Waals surface area contributed by atoms with Crippen LogP contribution < -0.4 is 5.73 Å². The topological polar surface area (TPSA) is 88.7 Å². The van der Waals surface area contributed by atoms with Gasteiger partial charge in [0.25, 0.3) is 0 Å². The van der Waals surface area contributed by atoms with Crippen molar-refractivity contribution < 1.29 is 14.6 Å². The summed E-state index contributed by atoms with van der Waals surface area (Å²) in [5.74, 6) is 0.169. The van der Waals surface area contributed by atoms with Crippen molar-refractivity contribution in [3.8, 4) is 0 Å². The van der Waals surface area contributed by atoms with Crippen LogP contribution in [0.1, 0.15) is 31.9 Å². The number of amides is 1. The number of anilines is 1. The first-order valence-electron chi connectivity index (χ1n) is 7.63. The van der Waals surface area contributed by atoms with Gasteiger partial charge in [-0.2, -0.15) is 0 Å². The quantitative estimate of drug-likeness (QED) is 0.822. The average molecular weight is 327 g/mol. The molecule has 1 saturated heterocycles. The maximum absolute atomic E-state index is 12.3. The number of aromatic nitrogens is 1. The molecule has 0 unspecified atom stereocenters. The maximum atomic E-state index is 12.3. The molecule has 1 aromatic heterocycles. The number of carbonyl (C=O) groups is 1. The summed E-state index contributed by atoms with van der Waals surface area (Å²) in [6, 6.07) is 0. The van der Waals surface area contributed by atoms with Crippen molar-refractivity contribution in [2.75, 3.05) is 32.5 Å². The van der Waals surface area contributed by atoms with Gasteiger partial charge in [-0.15, -0.1) is 11.3 Å². The van der Waals surface area contributed by atoms with Crippen LogP contribution in [0.15, 0.2) is 5.38 Å². The fourth-order valence-electron chi connectivity index (χ4n) is 2.87. The number of nitrogen functional groups attached to an aromatic ring is 1. The molecule has 2 atom stereocenters. The van der Waals surface area contributed by atoms with E-state index in [1.165, 1.54) is 11.3 Å². The molecule has 2 rings (SSSR count). The molecule has 0 saturated carbocycles. The Balaban J connectivity index is 1.83. The molecule has 124 valence electrons. The molecule has 7 heteroatoms. The molecule has 0 aliphatic carbocycles. The summed E-state index contributed by atoms with van der Waals surface area (Å²) in [4.78, 5) is 18.3. The third-order valence-corrected chi connectivity index (χ3v) is 5.21. The molecule has 0 bridgehead atoms. The predicted octanol–water partition coefficient (Wildman–Crippen LogP) is 1.29. The van der Waals surface area contributed by atoms with Crippen LogP contribution in [0, 0.1) is 5.92 Å². The number of likely N-dealkylation sites (tertiary alicyclic amines) is 1. The minimum absolute atomic E-state index is 0.0512. The molecule has 0 spiro atoms. The van der Waals surface area contributed by atoms with Crippen LogP contribution in [-0.4, -0.2) is 53.3 Å². The molecule has 3 N–H and O–H groups in total. The maximum Gasteiger partial charge on any atom is 0.222 e. The molecule has 1 aliphatic rings. The first kappa shape index (κ1) is 17.2. The van der Waals surface area contributed by atoms with Crippen LogP contribution in [-0.2, 0) is 16.0 Å². The highest BCUT2D eigenvalue weighted by molar-refractivity contribution is 7.13. The van der Waals surface area contributed by atoms with Gasteiger partial charge < -0.3 is 20.5 Å². The zero-order chi connectivity index (χ0) is 16.2. The molecular weight excluding hydrogens is 302 g/mol. The largest absolute Gasteiger partial charge is 0.389 e. The number of rotatable bonds is 6. The lowest BCUT2D eigenvalue weighted by Crippen LogP contribution is -2.52. The van der Waals surface area contributed by atoms with Crippen molar-refractivity contribution in [2.45, 2.75) is 38.2 Å². The van der Waals surface area contributed by atoms with Crippen molar-refractivity contribution in [3.05, 3.63) is 11.1 Å². The van der Waals surface area contributed by atoms with E-state index in [-0.39, 0.29) is 11.8 Å². The zero-order valence-corrected chi connectivity index (χ0v) is 14.1. The summed E-state index contributed by atoms with van der Waals surface area (Å²) in [5, 5.41) is 13.1. The van der Waals surface area contributed by atoms with Crippen LogP contribution in [0.4, 0.5) is 5.13 Å². The van der Waals surface area contributed by atoms with E-state index >= 15 is 0 Å². The number of ether oxygens (including phenoxy) is 1. The van der Waals surface area contributed by atoms with Crippen molar-refractivity contribution in [3.63, 3.8) is 0 Å². The Morgan fingerprint density at radius 3 is 3.05 bits per heavy atom. The summed E-state index contributed by atoms with van der Waals surface area (Å²) in [7, 11) is 1.64. The van der Waals surface area contributed by atoms with Gasteiger partial charge in [0.15, 0.2) is 5.13 Å². The minimum Gasteiger partial charge on any atom is -0.389 e. The van der Waals surface area contributed by atoms with Crippen LogP contribution in [0.3, 0.4) is 0 Å². The standard InChI is InChI=1S/C15H25N3O3S/c1-11-9-18(7-5-15(11,20)6-8-21-2)13(19)4-3-12-10-22-14(16)17-12/h10-11,20H,3-9H2,1-2H3,(H2,16,17)/t11-,15-/m0/s1. The molecule has 6 nitrogen and oxygen atoms in total. The second-order valence-electron chi connectivity index (χ2n) is 6.01. The SMILES string of the molecule is COCC[C@@]1(O)CCN(C(=O)CCc2csc(N)n2)C[C@@H]1C. The first-order chi connectivity index (χ1) is 10.4. The highest BCUT2D eigenvalue weighted by atomic mass is 32.1. The van der Waals surface area contributed by atoms with Crippen LogP contribution in [0.5, 0.6) is 0 Å². The van der Waals surface area contributed by atoms with E-state index in [1.54, 1.807) is 7.11 Å². The Labute approximate surface area is 135 Å². The van der Waals surface area contributed by atoms with Gasteiger partial charge in [-0.1, -0.05) is 6.92 Å². The predicted molar refractivity (Wildman–Crippen MR) is 86.7 cm³/mol. The number of thiazole rings is 1. The molecule has 0 radical (unpaired) electrons. The van der Waals surface area contributed by atoms with Crippen molar-refractivity contribution in [1.82, 2.24) is 9.88 Å². The third-order valence-electron chi connectivity index (χ3n) is 4.48. The minimum atomic E-state index is -0.726. The number of nitrogens with zero attached hydrogens (tertiary/aromatic N) is 2. The average Bonchev–Trinajstić information content (AvgIpc) is 2.91. The third kappa shape index (κ3) is 4.18. The molecular formula is C15H25N3O3S. The lowest BCUT2D eigenvalue weighted by molar-refractivity contribution is -0.140. The van der Waals surface area contributed by atoms with Crippen LogP contribution in [0.2, 0.25) is 0 Å². The summed E-state index contributed by atoms with van der Waals surface area (Å²) >= 11 is 1.40. The number of nitrogens with two attached hydrogens (primary N) is 1. The number of hydrogen-bond acceptors (Lipinski definition) is 6. The Bertz CT molecular complexity index is 508. The summed E-state index contributed by atoms with van der Waals surface area (Å²) < 4.78 is 5.07. The van der Waals surface area contributed by atoms with Gasteiger partial charge in [0, 0.05) is 44.5 Å². The highest BCUT2D eigenvalue weighted by Gasteiger charge is 2.39. The number of aliphatic hydroxyl groups is 1. The molecule has 1 aromatic rings. The lowest BCUT2D eigenvalue weighted by Gasteiger charge is -2.43. The Morgan fingerprint density at radius 1 is 1.68 bits per heavy atom. The fourth-order valence-corrected chi connectivity index (χ4v) is 3.47. The fraction of sp³-hybridized carbons (Fsp3) is 0.733. The van der Waals surface area contributed by atoms with Crippen molar-refractivity contribution in [2.24, 2.45) is 5.92 Å². The summed E-state index contributed by atoms with van der Waals surface area (Å²) in [5.41, 5.74) is 5.74. The molecule has 1 amide bonds. The van der Waals surface area contributed by atoms with Gasteiger partial charge in [0.1, 0.15) is 0 Å². The summed E-state index contributed by atoms with van der Waals surface area (Å²) in [6.07, 6.45) is 2.27. The number of methoxy groups -OCH3 is 1. The first-order valence-corrected chi connectivity index (χ1v) is 8.51. The zero-order valence-electron chi connectivity index (χ0n) is 13.2. The van der Waals surface area contributed by atoms with E-state index in [4.69, 9.17) is 10.5 Å². The second kappa shape index (κ2) is 7.39. The monoisotopic (exact) mass is 327 g/mol. The van der Waals surface area contributed by atoms with Crippen molar-refractivity contribution >= 4 is 22.4 Å². The van der Waals surface area contributed by atoms with E-state index in [2.05, 4.69) is 4.98 Å². The summed E-state index contributed by atoms with van der Waals surface area (Å²) in [6.45, 7) is 3.73. The van der Waals surface area contributed by atoms with E-state index in [1.807, 2.05) is 17.2 Å². The molecule has 0 aromatic carbocycles. The normalized spacial score (nSPS) is 25.4. The van der Waals surface area contributed by atoms with Crippen molar-refractivity contribution in [1.29, 1.82) is 0 Å². The molecule has 2 heterocycles. The van der Waals surface area contributed by atoms with Gasteiger partial charge >= 0.3 is 0 Å². The van der Waals surface area contributed by atoms with Crippen LogP contribution >= 0.6 is 11.3 Å². The van der Waals surface area contributed by atoms with E-state index in [0.29, 0.717) is 50.5 Å². The van der Waals surface area contributed by atoms with Gasteiger partial charge in [-0.3, -0.25) is 4.79 Å². The van der Waals surface area contributed by atoms with Gasteiger partial charge in [-0.05, 0) is 19.3 Å². The highest BCUT2D eigenvalue weighted by Crippen LogP contribution is 2.31. The smallest absolute Gasteiger partial charge is 0.222 e. The van der Waals surface area contributed by atoms with Gasteiger partial charge in [-0.25, -0.2) is 4.98 Å². The molecule has 22 heavy (non-hydrogen) atoms.